The molecule has 11 atom stereocenters. The Labute approximate surface area is 575 Å². The predicted octanol–water partition coefficient (Wildman–Crippen LogP) is 6.72. The second-order valence-electron chi connectivity index (χ2n) is 27.7. The van der Waals surface area contributed by atoms with Gasteiger partial charge in [0.1, 0.15) is 53.9 Å². The summed E-state index contributed by atoms with van der Waals surface area (Å²) in [6.07, 6.45) is -7.87. The van der Waals surface area contributed by atoms with E-state index in [1.165, 1.54) is 73.7 Å². The Morgan fingerprint density at radius 2 is 1.20 bits per heavy atom. The van der Waals surface area contributed by atoms with Gasteiger partial charge in [0.25, 0.3) is 0 Å². The average Bonchev–Trinajstić information content (AvgIpc) is 1.18. The van der Waals surface area contributed by atoms with Crippen molar-refractivity contribution in [2.24, 2.45) is 17.8 Å². The third-order valence-corrected chi connectivity index (χ3v) is 20.8. The van der Waals surface area contributed by atoms with Gasteiger partial charge in [-0.15, -0.1) is 0 Å². The highest BCUT2D eigenvalue weighted by Gasteiger charge is 2.51. The minimum absolute atomic E-state index is 0.0178. The molecule has 544 valence electrons. The zero-order valence-corrected chi connectivity index (χ0v) is 59.5. The summed E-state index contributed by atoms with van der Waals surface area (Å²) in [5, 5.41) is 7.91. The summed E-state index contributed by atoms with van der Waals surface area (Å²) < 4.78 is 82.9. The molecule has 2 aromatic rings. The van der Waals surface area contributed by atoms with Crippen molar-refractivity contribution in [3.05, 3.63) is 69.7 Å². The molecule has 0 bridgehead atoms. The van der Waals surface area contributed by atoms with E-state index in [1.54, 1.807) is 27.7 Å². The lowest BCUT2D eigenvalue weighted by atomic mass is 9.90. The second kappa shape index (κ2) is 33.1. The number of carbonyl (C=O) groups is 11. The summed E-state index contributed by atoms with van der Waals surface area (Å²) in [5.74, 6) is -8.86. The number of fused-ring (bicyclic) bond motifs is 2. The van der Waals surface area contributed by atoms with Gasteiger partial charge < -0.3 is 55.1 Å². The van der Waals surface area contributed by atoms with E-state index in [2.05, 4.69) is 16.0 Å². The minimum atomic E-state index is -4.80. The Kier molecular flexibility index (Phi) is 26.8. The number of halogens is 7. The van der Waals surface area contributed by atoms with Crippen molar-refractivity contribution >= 4 is 76.6 Å². The highest BCUT2D eigenvalue weighted by molar-refractivity contribution is 6.31. The van der Waals surface area contributed by atoms with Crippen LogP contribution in [-0.2, 0) is 77.9 Å². The van der Waals surface area contributed by atoms with Crippen LogP contribution in [0.3, 0.4) is 0 Å². The Balaban J connectivity index is 1.43. The summed E-state index contributed by atoms with van der Waals surface area (Å²) >= 11 is 6.11. The molecule has 1 aliphatic carbocycles. The number of likely N-dealkylation sites (N-methyl/N-ethyl adjacent to an activating group) is 6. The van der Waals surface area contributed by atoms with E-state index in [4.69, 9.17) is 11.6 Å². The van der Waals surface area contributed by atoms with Gasteiger partial charge in [0.2, 0.25) is 65.0 Å². The molecule has 3 heterocycles. The van der Waals surface area contributed by atoms with E-state index in [9.17, 15) is 69.5 Å². The first kappa shape index (κ1) is 79.5. The van der Waals surface area contributed by atoms with E-state index >= 15 is 9.59 Å². The topological polar surface area (TPSA) is 250 Å². The summed E-state index contributed by atoms with van der Waals surface area (Å²) in [7, 11) is 8.29. The molecule has 1 saturated carbocycles. The van der Waals surface area contributed by atoms with Gasteiger partial charge in [-0.25, -0.2) is 0 Å². The van der Waals surface area contributed by atoms with E-state index in [0.717, 1.165) is 57.2 Å². The number of carbonyl (C=O) groups excluding carboxylic acids is 11. The van der Waals surface area contributed by atoms with Crippen LogP contribution in [-0.4, -0.2) is 226 Å². The van der Waals surface area contributed by atoms with Crippen LogP contribution < -0.4 is 16.0 Å². The highest BCUT2D eigenvalue weighted by Crippen LogP contribution is 2.37. The summed E-state index contributed by atoms with van der Waals surface area (Å²) in [5.41, 5.74) is -3.27. The molecule has 3 aliphatic heterocycles. The number of aryl methyl sites for hydroxylation is 1. The Morgan fingerprint density at radius 1 is 0.602 bits per heavy atom. The van der Waals surface area contributed by atoms with Crippen molar-refractivity contribution in [1.82, 2.24) is 55.1 Å². The molecule has 4 aliphatic rings. The molecule has 2 aromatic carbocycles. The molecular formula is C69H98ClF6N11O11. The Morgan fingerprint density at radius 3 is 1.76 bits per heavy atom. The largest absolute Gasteiger partial charge is 0.417 e. The Hall–Kier alpha value is -7.52. The number of hydrogen-bond donors (Lipinski definition) is 3. The first-order chi connectivity index (χ1) is 45.7. The van der Waals surface area contributed by atoms with Crippen molar-refractivity contribution in [3.8, 4) is 0 Å². The number of benzene rings is 2. The molecule has 98 heavy (non-hydrogen) atoms. The molecule has 1 spiro atoms. The maximum absolute atomic E-state index is 15.2. The first-order valence-electron chi connectivity index (χ1n) is 33.8. The number of nitrogens with zero attached hydrogens (tertiary/aromatic N) is 8. The van der Waals surface area contributed by atoms with Crippen molar-refractivity contribution in [2.45, 2.75) is 218 Å². The number of nitrogens with one attached hydrogen (secondary N) is 3. The lowest BCUT2D eigenvalue weighted by Gasteiger charge is -2.45. The van der Waals surface area contributed by atoms with Gasteiger partial charge in [0.05, 0.1) is 22.7 Å². The van der Waals surface area contributed by atoms with Gasteiger partial charge >= 0.3 is 12.4 Å². The smallest absolute Gasteiger partial charge is 0.343 e. The fraction of sp³-hybridized carbons (Fsp3) is 0.667. The first-order valence-corrected chi connectivity index (χ1v) is 34.2. The van der Waals surface area contributed by atoms with Gasteiger partial charge in [-0.05, 0) is 118 Å². The molecule has 0 unspecified atom stereocenters. The van der Waals surface area contributed by atoms with Gasteiger partial charge in [-0.3, -0.25) is 52.7 Å². The molecule has 11 amide bonds. The van der Waals surface area contributed by atoms with E-state index in [1.807, 2.05) is 20.8 Å². The monoisotopic (exact) mass is 1410 g/mol. The summed E-state index contributed by atoms with van der Waals surface area (Å²) in [6, 6.07) is -4.18. The van der Waals surface area contributed by atoms with Crippen LogP contribution in [0.15, 0.2) is 42.5 Å². The maximum atomic E-state index is 15.2. The fourth-order valence-electron chi connectivity index (χ4n) is 13.5. The molecule has 3 saturated heterocycles. The fourth-order valence-corrected chi connectivity index (χ4v) is 13.8. The third-order valence-electron chi connectivity index (χ3n) is 20.5. The van der Waals surface area contributed by atoms with Gasteiger partial charge in [0, 0.05) is 74.3 Å². The number of hydrogen-bond acceptors (Lipinski definition) is 11. The quantitative estimate of drug-likeness (QED) is 0.199. The van der Waals surface area contributed by atoms with Crippen LogP contribution in [0.2, 0.25) is 5.02 Å². The normalized spacial score (nSPS) is 26.5. The maximum Gasteiger partial charge on any atom is 0.417 e. The van der Waals surface area contributed by atoms with Gasteiger partial charge in [-0.2, -0.15) is 26.3 Å². The Bertz CT molecular complexity index is 3260. The summed E-state index contributed by atoms with van der Waals surface area (Å²) in [6.45, 7) is 13.2. The highest BCUT2D eigenvalue weighted by atomic mass is 35.5. The van der Waals surface area contributed by atoms with Gasteiger partial charge in [-0.1, -0.05) is 97.0 Å². The van der Waals surface area contributed by atoms with Gasteiger partial charge in [0.15, 0.2) is 0 Å². The van der Waals surface area contributed by atoms with Crippen LogP contribution >= 0.6 is 11.6 Å². The van der Waals surface area contributed by atoms with Crippen LogP contribution in [0.5, 0.6) is 0 Å². The number of amides is 11. The molecule has 22 nitrogen and oxygen atoms in total. The molecule has 4 fully saturated rings. The van der Waals surface area contributed by atoms with Crippen molar-refractivity contribution in [3.63, 3.8) is 0 Å². The number of rotatable bonds is 11. The van der Waals surface area contributed by atoms with Crippen LogP contribution in [0.25, 0.3) is 0 Å². The van der Waals surface area contributed by atoms with E-state index in [-0.39, 0.29) is 87.9 Å². The molecule has 6 rings (SSSR count). The average molecular weight is 1410 g/mol. The zero-order valence-electron chi connectivity index (χ0n) is 58.7. The minimum Gasteiger partial charge on any atom is -0.343 e. The van der Waals surface area contributed by atoms with Crippen molar-refractivity contribution in [2.75, 3.05) is 61.9 Å². The number of alkyl halides is 6. The molecule has 0 radical (unpaired) electrons. The van der Waals surface area contributed by atoms with Crippen LogP contribution in [0.1, 0.15) is 155 Å². The SMILES string of the molecule is CC[C@H](C)[C@@H]1NC(=O)[C@H](CC(C)C)N(C)C(=O)C[C@@H](C)N(C)C(=O)[C@H]([C@@H](C)CC)N(C)C(=O)C2(CCCC2)NC(=O)[C@@H]2CCCN2C(=O)[C@H](CCc2ccc(C(F)(F)F)c(Cl)c2)NC(=O)CN(C)C(=O)[C@H](Cc2ccc(C(F)(F)F)cc2)N(C)C(=O)[C@@H]2CCN2C(=O)[C@H](C)N(C)C1=O. The predicted molar refractivity (Wildman–Crippen MR) is 353 cm³/mol. The third kappa shape index (κ3) is 18.5. The molecule has 3 N–H and O–H groups in total. The van der Waals surface area contributed by atoms with E-state index in [0.29, 0.717) is 25.7 Å². The van der Waals surface area contributed by atoms with E-state index < -0.39 is 178 Å². The van der Waals surface area contributed by atoms with Crippen molar-refractivity contribution < 1.29 is 79.1 Å². The van der Waals surface area contributed by atoms with Crippen LogP contribution in [0, 0.1) is 17.8 Å². The van der Waals surface area contributed by atoms with Crippen molar-refractivity contribution in [1.29, 1.82) is 0 Å². The lowest BCUT2D eigenvalue weighted by Crippen LogP contribution is -2.65. The lowest BCUT2D eigenvalue weighted by molar-refractivity contribution is -0.160. The standard InChI is InChI=1S/C69H98ClF6N11O11/c1-15-40(5)56-64(96)82(11)43(8)60(92)87-33-29-51(87)63(95)84(13)53(37-45-21-25-46(26-22-45)68(71,72)73)62(94)80(9)38-54(88)77-49(28-24-44-23-27-47(48(70)36-44)69(74,75)76)61(93)86-32-19-20-50(86)59(91)79-67(30-17-18-31-67)66(98)85(14)57(41(6)16-2)65(97)81(10)42(7)35-55(89)83(12)52(34-39(3)4)58(90)78-56/h21-23,25-27,36,39-43,49-53,56-57H,15-20,24,28-35,37-38H2,1-14H3,(H,77,88)(H,78,90)(H,79,91)/t40-,41-,42+,43-,49-,50-,51-,52-,53-,56-,57-/m0/s1. The zero-order chi connectivity index (χ0) is 73.4. The second-order valence-corrected chi connectivity index (χ2v) is 28.1. The molecule has 0 aromatic heterocycles. The molecule has 29 heteroatoms. The molecular weight excluding hydrogens is 1310 g/mol. The van der Waals surface area contributed by atoms with Crippen LogP contribution in [0.4, 0.5) is 26.3 Å². The summed E-state index contributed by atoms with van der Waals surface area (Å²) in [4.78, 5) is 172.